The second kappa shape index (κ2) is 3.94. The van der Waals surface area contributed by atoms with Gasteiger partial charge in [-0.05, 0) is 12.5 Å². The molecule has 0 radical (unpaired) electrons. The molecule has 0 aromatic carbocycles. The van der Waals surface area contributed by atoms with Gasteiger partial charge in [0.25, 0.3) is 0 Å². The van der Waals surface area contributed by atoms with E-state index in [-0.39, 0.29) is 0 Å². The quantitative estimate of drug-likeness (QED) is 0.789. The van der Waals surface area contributed by atoms with Crippen molar-refractivity contribution in [3.8, 4) is 0 Å². The monoisotopic (exact) mass is 198 g/mol. The van der Waals surface area contributed by atoms with Crippen LogP contribution in [0, 0.1) is 0 Å². The molecule has 0 aliphatic carbocycles. The summed E-state index contributed by atoms with van der Waals surface area (Å²) in [4.78, 5) is 4.00. The molecule has 3 nitrogen and oxygen atoms in total. The Labute approximate surface area is 82.1 Å². The third-order valence-corrected chi connectivity index (χ3v) is 2.39. The third-order valence-electron chi connectivity index (χ3n) is 2.06. The van der Waals surface area contributed by atoms with Gasteiger partial charge in [0.1, 0.15) is 0 Å². The minimum absolute atomic E-state index is 0.377. The number of ether oxygens (including phenoxy) is 1. The number of aromatic nitrogens is 1. The number of hydrogen-bond donors (Lipinski definition) is 1. The highest BCUT2D eigenvalue weighted by Gasteiger charge is 2.15. The van der Waals surface area contributed by atoms with Crippen molar-refractivity contribution in [1.29, 1.82) is 0 Å². The summed E-state index contributed by atoms with van der Waals surface area (Å²) in [6.45, 7) is 1.58. The molecule has 1 aromatic heterocycles. The highest BCUT2D eigenvalue weighted by Crippen LogP contribution is 2.21. The molecule has 1 N–H and O–H groups in total. The second-order valence-electron chi connectivity index (χ2n) is 3.06. The van der Waals surface area contributed by atoms with Crippen molar-refractivity contribution in [3.05, 3.63) is 23.5 Å². The fourth-order valence-electron chi connectivity index (χ4n) is 1.35. The van der Waals surface area contributed by atoms with Crippen LogP contribution in [0.1, 0.15) is 6.42 Å². The Kier molecular flexibility index (Phi) is 2.66. The first kappa shape index (κ1) is 8.78. The lowest BCUT2D eigenvalue weighted by molar-refractivity contribution is 0.195. The Bertz CT molecular complexity index is 287. The normalized spacial score (nSPS) is 21.8. The summed E-state index contributed by atoms with van der Waals surface area (Å²) in [5, 5.41) is 4.00. The van der Waals surface area contributed by atoms with Crippen molar-refractivity contribution in [2.45, 2.75) is 12.5 Å². The van der Waals surface area contributed by atoms with Crippen molar-refractivity contribution < 1.29 is 4.74 Å². The fourth-order valence-corrected chi connectivity index (χ4v) is 1.51. The first-order chi connectivity index (χ1) is 6.36. The maximum Gasteiger partial charge on any atom is 0.0719 e. The molecule has 1 aliphatic rings. The molecule has 4 heteroatoms. The molecule has 0 spiro atoms. The van der Waals surface area contributed by atoms with Crippen molar-refractivity contribution >= 4 is 17.3 Å². The molecular weight excluding hydrogens is 188 g/mol. The van der Waals surface area contributed by atoms with E-state index in [1.807, 2.05) is 0 Å². The molecule has 1 unspecified atom stereocenters. The summed E-state index contributed by atoms with van der Waals surface area (Å²) in [7, 11) is 0. The van der Waals surface area contributed by atoms with Crippen LogP contribution in [-0.4, -0.2) is 24.2 Å². The predicted octanol–water partition coefficient (Wildman–Crippen LogP) is 1.94. The number of hydrogen-bond acceptors (Lipinski definition) is 3. The highest BCUT2D eigenvalue weighted by atomic mass is 35.5. The van der Waals surface area contributed by atoms with E-state index in [1.54, 1.807) is 18.5 Å². The Hall–Kier alpha value is -0.800. The third kappa shape index (κ3) is 2.11. The molecule has 13 heavy (non-hydrogen) atoms. The zero-order chi connectivity index (χ0) is 9.10. The molecule has 1 fully saturated rings. The van der Waals surface area contributed by atoms with Gasteiger partial charge in [-0.1, -0.05) is 11.6 Å². The Morgan fingerprint density at radius 1 is 1.62 bits per heavy atom. The molecule has 1 aromatic rings. The van der Waals surface area contributed by atoms with Gasteiger partial charge in [0.2, 0.25) is 0 Å². The summed E-state index contributed by atoms with van der Waals surface area (Å²) in [6, 6.07) is 2.15. The lowest BCUT2D eigenvalue weighted by Gasteiger charge is -2.12. The van der Waals surface area contributed by atoms with Gasteiger partial charge in [0.05, 0.1) is 29.6 Å². The van der Waals surface area contributed by atoms with Crippen LogP contribution in [0.15, 0.2) is 18.5 Å². The van der Waals surface area contributed by atoms with Crippen molar-refractivity contribution in [1.82, 2.24) is 4.98 Å². The van der Waals surface area contributed by atoms with Gasteiger partial charge in [0.15, 0.2) is 0 Å². The summed E-state index contributed by atoms with van der Waals surface area (Å²) >= 11 is 5.96. The van der Waals surface area contributed by atoms with E-state index in [4.69, 9.17) is 16.3 Å². The zero-order valence-corrected chi connectivity index (χ0v) is 7.92. The van der Waals surface area contributed by atoms with E-state index >= 15 is 0 Å². The van der Waals surface area contributed by atoms with Crippen LogP contribution >= 0.6 is 11.6 Å². The lowest BCUT2D eigenvalue weighted by atomic mass is 10.2. The average molecular weight is 199 g/mol. The van der Waals surface area contributed by atoms with Crippen molar-refractivity contribution in [2.24, 2.45) is 0 Å². The van der Waals surface area contributed by atoms with Crippen LogP contribution in [0.25, 0.3) is 0 Å². The number of anilines is 1. The largest absolute Gasteiger partial charge is 0.379 e. The standard InChI is InChI=1S/C9H11ClN2O/c10-8-1-3-11-5-9(8)12-7-2-4-13-6-7/h1,3,5,7,12H,2,4,6H2. The molecular formula is C9H11ClN2O. The predicted molar refractivity (Wildman–Crippen MR) is 52.1 cm³/mol. The zero-order valence-electron chi connectivity index (χ0n) is 7.16. The topological polar surface area (TPSA) is 34.2 Å². The lowest BCUT2D eigenvalue weighted by Crippen LogP contribution is -2.19. The van der Waals surface area contributed by atoms with Crippen LogP contribution in [0.5, 0.6) is 0 Å². The van der Waals surface area contributed by atoms with Crippen LogP contribution in [0.4, 0.5) is 5.69 Å². The van der Waals surface area contributed by atoms with Crippen molar-refractivity contribution in [3.63, 3.8) is 0 Å². The number of nitrogens with zero attached hydrogens (tertiary/aromatic N) is 1. The molecule has 1 atom stereocenters. The van der Waals surface area contributed by atoms with Crippen LogP contribution in [0.2, 0.25) is 5.02 Å². The SMILES string of the molecule is Clc1ccncc1NC1CCOC1. The average Bonchev–Trinajstić information content (AvgIpc) is 2.61. The number of pyridine rings is 1. The molecule has 2 heterocycles. The maximum atomic E-state index is 5.96. The van der Waals surface area contributed by atoms with E-state index in [1.165, 1.54) is 0 Å². The van der Waals surface area contributed by atoms with Crippen LogP contribution < -0.4 is 5.32 Å². The maximum absolute atomic E-state index is 5.96. The number of nitrogens with one attached hydrogen (secondary N) is 1. The molecule has 2 rings (SSSR count). The van der Waals surface area contributed by atoms with Gasteiger partial charge in [-0.25, -0.2) is 0 Å². The van der Waals surface area contributed by atoms with E-state index < -0.39 is 0 Å². The van der Waals surface area contributed by atoms with Gasteiger partial charge < -0.3 is 10.1 Å². The van der Waals surface area contributed by atoms with E-state index in [2.05, 4.69) is 10.3 Å². The number of halogens is 1. The minimum atomic E-state index is 0.377. The first-order valence-corrected chi connectivity index (χ1v) is 4.68. The molecule has 0 bridgehead atoms. The van der Waals surface area contributed by atoms with Crippen LogP contribution in [0.3, 0.4) is 0 Å². The summed E-state index contributed by atoms with van der Waals surface area (Å²) in [5.74, 6) is 0. The minimum Gasteiger partial charge on any atom is -0.379 e. The van der Waals surface area contributed by atoms with Gasteiger partial charge in [-0.15, -0.1) is 0 Å². The van der Waals surface area contributed by atoms with E-state index in [0.717, 1.165) is 25.3 Å². The Morgan fingerprint density at radius 3 is 3.23 bits per heavy atom. The number of rotatable bonds is 2. The Balaban J connectivity index is 2.04. The molecule has 0 amide bonds. The van der Waals surface area contributed by atoms with E-state index in [0.29, 0.717) is 11.1 Å². The van der Waals surface area contributed by atoms with Crippen LogP contribution in [-0.2, 0) is 4.74 Å². The fraction of sp³-hybridized carbons (Fsp3) is 0.444. The van der Waals surface area contributed by atoms with E-state index in [9.17, 15) is 0 Å². The molecule has 0 saturated carbocycles. The highest BCUT2D eigenvalue weighted by molar-refractivity contribution is 6.33. The first-order valence-electron chi connectivity index (χ1n) is 4.30. The van der Waals surface area contributed by atoms with Gasteiger partial charge in [-0.3, -0.25) is 4.98 Å². The molecule has 70 valence electrons. The molecule has 1 saturated heterocycles. The second-order valence-corrected chi connectivity index (χ2v) is 3.47. The Morgan fingerprint density at radius 2 is 2.54 bits per heavy atom. The van der Waals surface area contributed by atoms with Crippen molar-refractivity contribution in [2.75, 3.05) is 18.5 Å². The summed E-state index contributed by atoms with van der Waals surface area (Å²) in [6.07, 6.45) is 4.45. The summed E-state index contributed by atoms with van der Waals surface area (Å²) in [5.41, 5.74) is 0.889. The van der Waals surface area contributed by atoms with Gasteiger partial charge >= 0.3 is 0 Å². The van der Waals surface area contributed by atoms with Gasteiger partial charge in [-0.2, -0.15) is 0 Å². The summed E-state index contributed by atoms with van der Waals surface area (Å²) < 4.78 is 5.24. The smallest absolute Gasteiger partial charge is 0.0719 e. The van der Waals surface area contributed by atoms with Gasteiger partial charge in [0, 0.05) is 12.8 Å². The molecule has 1 aliphatic heterocycles.